The quantitative estimate of drug-likeness (QED) is 0.133. The Kier molecular flexibility index (Phi) is 12.4. The fourth-order valence-corrected chi connectivity index (χ4v) is 4.26. The lowest BCUT2D eigenvalue weighted by Crippen LogP contribution is -2.33. The van der Waals surface area contributed by atoms with Crippen LogP contribution in [-0.2, 0) is 16.0 Å². The van der Waals surface area contributed by atoms with Gasteiger partial charge in [-0.2, -0.15) is 0 Å². The first kappa shape index (κ1) is 29.3. The monoisotopic (exact) mass is 499 g/mol. The van der Waals surface area contributed by atoms with Crippen LogP contribution in [0.5, 0.6) is 11.5 Å². The number of Topliss-reactive ketones (excluding diaryl/α,β-unsaturated/α-hetero) is 1. The first-order valence-corrected chi connectivity index (χ1v) is 12.6. The van der Waals surface area contributed by atoms with Crippen LogP contribution in [0.25, 0.3) is 5.57 Å². The third kappa shape index (κ3) is 9.60. The smallest absolute Gasteiger partial charge is 0.163 e. The van der Waals surface area contributed by atoms with E-state index in [0.717, 1.165) is 37.8 Å². The zero-order valence-corrected chi connectivity index (χ0v) is 21.7. The number of benzene rings is 1. The minimum absolute atomic E-state index is 0.0413. The third-order valence-electron chi connectivity index (χ3n) is 6.21. The lowest BCUT2D eigenvalue weighted by atomic mass is 9.92. The van der Waals surface area contributed by atoms with Crippen molar-refractivity contribution in [1.29, 1.82) is 0 Å². The topological polar surface area (TPSA) is 134 Å². The van der Waals surface area contributed by atoms with Crippen LogP contribution in [0.4, 0.5) is 0 Å². The average molecular weight is 500 g/mol. The molecule has 1 aliphatic heterocycles. The number of allylic oxidation sites excluding steroid dienone is 3. The first-order chi connectivity index (χ1) is 17.3. The van der Waals surface area contributed by atoms with Crippen LogP contribution in [0, 0.1) is 5.92 Å². The van der Waals surface area contributed by atoms with Gasteiger partial charge in [-0.25, -0.2) is 0 Å². The predicted octanol–water partition coefficient (Wildman–Crippen LogP) is 2.98. The second kappa shape index (κ2) is 15.2. The number of hydrogen-bond acceptors (Lipinski definition) is 8. The van der Waals surface area contributed by atoms with Gasteiger partial charge < -0.3 is 31.3 Å². The summed E-state index contributed by atoms with van der Waals surface area (Å²) >= 11 is 0. The van der Waals surface area contributed by atoms with Gasteiger partial charge in [0.05, 0.1) is 26.3 Å². The molecule has 0 radical (unpaired) electrons. The van der Waals surface area contributed by atoms with Crippen LogP contribution in [0.1, 0.15) is 56.6 Å². The van der Waals surface area contributed by atoms with E-state index in [1.54, 1.807) is 18.3 Å². The van der Waals surface area contributed by atoms with Gasteiger partial charge in [0.25, 0.3) is 0 Å². The van der Waals surface area contributed by atoms with Crippen LogP contribution in [-0.4, -0.2) is 55.3 Å². The number of ketones is 2. The molecule has 0 bridgehead atoms. The Hall–Kier alpha value is -2.94. The van der Waals surface area contributed by atoms with Crippen molar-refractivity contribution in [1.82, 2.24) is 10.6 Å². The van der Waals surface area contributed by atoms with Gasteiger partial charge in [0.2, 0.25) is 0 Å². The number of phenolic OH excluding ortho intramolecular Hbond substituents is 1. The van der Waals surface area contributed by atoms with Crippen molar-refractivity contribution in [3.8, 4) is 11.5 Å². The molecule has 0 fully saturated rings. The third-order valence-corrected chi connectivity index (χ3v) is 6.21. The van der Waals surface area contributed by atoms with Gasteiger partial charge in [-0.05, 0) is 85.3 Å². The van der Waals surface area contributed by atoms with E-state index in [-0.39, 0.29) is 35.7 Å². The van der Waals surface area contributed by atoms with Crippen LogP contribution in [0.15, 0.2) is 42.1 Å². The minimum atomic E-state index is -0.399. The summed E-state index contributed by atoms with van der Waals surface area (Å²) in [6, 6.07) is 3.16. The second-order valence-electron chi connectivity index (χ2n) is 9.40. The summed E-state index contributed by atoms with van der Waals surface area (Å²) in [6.07, 6.45) is 11.1. The molecule has 8 nitrogen and oxygen atoms in total. The molecule has 198 valence electrons. The van der Waals surface area contributed by atoms with Gasteiger partial charge in [0.1, 0.15) is 5.78 Å². The second-order valence-corrected chi connectivity index (χ2v) is 9.40. The van der Waals surface area contributed by atoms with Crippen molar-refractivity contribution < 1.29 is 24.5 Å². The van der Waals surface area contributed by atoms with Crippen molar-refractivity contribution in [2.45, 2.75) is 58.0 Å². The van der Waals surface area contributed by atoms with Crippen LogP contribution < -0.4 is 21.1 Å². The van der Waals surface area contributed by atoms with Crippen LogP contribution in [0.2, 0.25) is 0 Å². The number of rotatable bonds is 16. The normalized spacial score (nSPS) is 16.3. The van der Waals surface area contributed by atoms with E-state index in [4.69, 9.17) is 10.5 Å². The molecule has 2 atom stereocenters. The van der Waals surface area contributed by atoms with Gasteiger partial charge in [-0.15, -0.1) is 0 Å². The fourth-order valence-electron chi connectivity index (χ4n) is 4.26. The van der Waals surface area contributed by atoms with E-state index in [1.807, 2.05) is 19.2 Å². The largest absolute Gasteiger partial charge is 0.504 e. The molecule has 0 aromatic heterocycles. The molecule has 36 heavy (non-hydrogen) atoms. The zero-order chi connectivity index (χ0) is 26.5. The van der Waals surface area contributed by atoms with Crippen molar-refractivity contribution >= 4 is 17.1 Å². The molecule has 0 amide bonds. The maximum atomic E-state index is 12.7. The Morgan fingerprint density at radius 2 is 2.06 bits per heavy atom. The molecule has 2 unspecified atom stereocenters. The number of aliphatic hydroxyl groups excluding tert-OH is 1. The molecule has 0 aliphatic carbocycles. The van der Waals surface area contributed by atoms with E-state index >= 15 is 0 Å². The number of phenols is 1. The summed E-state index contributed by atoms with van der Waals surface area (Å²) < 4.78 is 5.24. The number of unbranched alkanes of at least 4 members (excludes halogenated alkanes) is 2. The zero-order valence-electron chi connectivity index (χ0n) is 21.7. The van der Waals surface area contributed by atoms with E-state index < -0.39 is 6.61 Å². The van der Waals surface area contributed by atoms with Gasteiger partial charge in [-0.3, -0.25) is 9.59 Å². The Labute approximate surface area is 214 Å². The molecule has 1 aliphatic rings. The predicted molar refractivity (Wildman–Crippen MR) is 143 cm³/mol. The molecule has 0 saturated heterocycles. The lowest BCUT2D eigenvalue weighted by molar-refractivity contribution is -0.124. The van der Waals surface area contributed by atoms with Gasteiger partial charge >= 0.3 is 0 Å². The fraction of sp³-hybridized carbons (Fsp3) is 0.500. The van der Waals surface area contributed by atoms with E-state index in [1.165, 1.54) is 13.2 Å². The summed E-state index contributed by atoms with van der Waals surface area (Å²) in [6.45, 7) is 2.79. The molecule has 2 rings (SSSR count). The van der Waals surface area contributed by atoms with Gasteiger partial charge in [0.15, 0.2) is 17.3 Å². The highest BCUT2D eigenvalue weighted by atomic mass is 16.5. The molecule has 6 N–H and O–H groups in total. The highest BCUT2D eigenvalue weighted by Crippen LogP contribution is 2.34. The molecule has 1 aromatic rings. The van der Waals surface area contributed by atoms with Crippen LogP contribution in [0.3, 0.4) is 0 Å². The van der Waals surface area contributed by atoms with Crippen molar-refractivity contribution in [2.24, 2.45) is 11.7 Å². The number of dihydropyridines is 1. The number of carbonyl (C=O) groups is 2. The van der Waals surface area contributed by atoms with Crippen molar-refractivity contribution in [2.75, 3.05) is 27.3 Å². The SMILES string of the molecule is CNCC(C)CCCCCC(=O)CC(=O)C=C(CO)c1cc(OC)c(O)cc1CC1=CNC(N)C=C1. The Balaban J connectivity index is 2.06. The Morgan fingerprint density at radius 1 is 1.28 bits per heavy atom. The number of hydrogen-bond donors (Lipinski definition) is 5. The minimum Gasteiger partial charge on any atom is -0.504 e. The maximum absolute atomic E-state index is 12.7. The number of methoxy groups -OCH3 is 1. The summed E-state index contributed by atoms with van der Waals surface area (Å²) in [5.41, 5.74) is 8.37. The summed E-state index contributed by atoms with van der Waals surface area (Å²) in [5.74, 6) is 0.348. The summed E-state index contributed by atoms with van der Waals surface area (Å²) in [7, 11) is 3.38. The van der Waals surface area contributed by atoms with E-state index in [9.17, 15) is 19.8 Å². The highest BCUT2D eigenvalue weighted by Gasteiger charge is 2.17. The van der Waals surface area contributed by atoms with Crippen molar-refractivity contribution in [3.05, 3.63) is 53.3 Å². The molecule has 1 aromatic carbocycles. The molecular weight excluding hydrogens is 458 g/mol. The summed E-state index contributed by atoms with van der Waals surface area (Å²) in [4.78, 5) is 25.0. The number of aromatic hydroxyl groups is 1. The molecule has 1 heterocycles. The van der Waals surface area contributed by atoms with Gasteiger partial charge in [-0.1, -0.05) is 25.8 Å². The van der Waals surface area contributed by atoms with E-state index in [0.29, 0.717) is 35.5 Å². The lowest BCUT2D eigenvalue weighted by Gasteiger charge is -2.18. The average Bonchev–Trinajstić information content (AvgIpc) is 2.84. The first-order valence-electron chi connectivity index (χ1n) is 12.6. The highest BCUT2D eigenvalue weighted by molar-refractivity contribution is 6.07. The Morgan fingerprint density at radius 3 is 2.69 bits per heavy atom. The molecule has 0 spiro atoms. The Bertz CT molecular complexity index is 984. The van der Waals surface area contributed by atoms with E-state index in [2.05, 4.69) is 17.6 Å². The number of ether oxygens (including phenoxy) is 1. The number of aliphatic hydroxyl groups is 1. The molecule has 0 saturated carbocycles. The maximum Gasteiger partial charge on any atom is 0.163 e. The van der Waals surface area contributed by atoms with Gasteiger partial charge in [0, 0.05) is 12.6 Å². The standard InChI is InChI=1S/C28H41N3O5/c1-19(16-30-2)7-5-4-6-8-23(33)14-24(34)12-22(18-32)25-15-27(36-3)26(35)13-21(25)11-20-9-10-28(29)31-17-20/h9-10,12-13,15,17,19,28,30-32,35H,4-8,11,14,16,18,29H2,1-3H3. The van der Waals surface area contributed by atoms with Crippen molar-refractivity contribution in [3.63, 3.8) is 0 Å². The number of nitrogens with two attached hydrogens (primary N) is 1. The molecule has 8 heteroatoms. The molecular formula is C28H41N3O5. The number of carbonyl (C=O) groups excluding carboxylic acids is 2. The number of nitrogens with one attached hydrogen (secondary N) is 2. The summed E-state index contributed by atoms with van der Waals surface area (Å²) in [5, 5.41) is 26.6. The van der Waals surface area contributed by atoms with Crippen LogP contribution >= 0.6 is 0 Å².